The van der Waals surface area contributed by atoms with Crippen LogP contribution in [0.1, 0.15) is 32.5 Å². The normalized spacial score (nSPS) is 16.0. The molecule has 128 valence electrons. The molecule has 1 heterocycles. The summed E-state index contributed by atoms with van der Waals surface area (Å²) < 4.78 is 6.45. The predicted molar refractivity (Wildman–Crippen MR) is 102 cm³/mol. The van der Waals surface area contributed by atoms with Crippen molar-refractivity contribution in [3.05, 3.63) is 100 Å². The first-order valence-electron chi connectivity index (χ1n) is 8.09. The summed E-state index contributed by atoms with van der Waals surface area (Å²) in [4.78, 5) is 27.3. The third-order valence-electron chi connectivity index (χ3n) is 4.21. The number of para-hydroxylation sites is 1. The summed E-state index contributed by atoms with van der Waals surface area (Å²) in [5.74, 6) is -0.673. The first-order chi connectivity index (χ1) is 12.6. The molecule has 0 unspecified atom stereocenters. The lowest BCUT2D eigenvalue weighted by atomic mass is 10.0. The molecule has 4 nitrogen and oxygen atoms in total. The average molecular weight is 408 g/mol. The van der Waals surface area contributed by atoms with Gasteiger partial charge in [-0.2, -0.15) is 0 Å². The number of fused-ring (bicyclic) bond motifs is 1. The van der Waals surface area contributed by atoms with Crippen molar-refractivity contribution in [1.29, 1.82) is 0 Å². The van der Waals surface area contributed by atoms with Gasteiger partial charge in [-0.05, 0) is 30.3 Å². The summed E-state index contributed by atoms with van der Waals surface area (Å²) in [5, 5.41) is 0. The van der Waals surface area contributed by atoms with Gasteiger partial charge in [0.2, 0.25) is 6.23 Å². The van der Waals surface area contributed by atoms with Gasteiger partial charge in [0.1, 0.15) is 0 Å². The number of anilines is 1. The van der Waals surface area contributed by atoms with Crippen LogP contribution in [-0.4, -0.2) is 11.9 Å². The monoisotopic (exact) mass is 407 g/mol. The van der Waals surface area contributed by atoms with E-state index in [1.807, 2.05) is 36.4 Å². The molecule has 26 heavy (non-hydrogen) atoms. The minimum absolute atomic E-state index is 0.236. The Morgan fingerprint density at radius 1 is 0.923 bits per heavy atom. The Labute approximate surface area is 159 Å². The van der Waals surface area contributed by atoms with Crippen molar-refractivity contribution < 1.29 is 14.3 Å². The van der Waals surface area contributed by atoms with Gasteiger partial charge in [0.25, 0.3) is 5.91 Å². The first-order valence-corrected chi connectivity index (χ1v) is 8.88. The Bertz CT molecular complexity index is 987. The number of halogens is 1. The Kier molecular flexibility index (Phi) is 4.31. The van der Waals surface area contributed by atoms with Crippen LogP contribution in [0.3, 0.4) is 0 Å². The fourth-order valence-corrected chi connectivity index (χ4v) is 3.41. The van der Waals surface area contributed by atoms with E-state index < -0.39 is 12.2 Å². The highest BCUT2D eigenvalue weighted by atomic mass is 79.9. The number of amides is 1. The van der Waals surface area contributed by atoms with Crippen molar-refractivity contribution in [1.82, 2.24) is 0 Å². The molecule has 0 aliphatic carbocycles. The van der Waals surface area contributed by atoms with Crippen molar-refractivity contribution in [2.75, 3.05) is 4.90 Å². The fraction of sp³-hybridized carbons (Fsp3) is 0.0476. The van der Waals surface area contributed by atoms with E-state index in [1.54, 1.807) is 42.5 Å². The maximum atomic E-state index is 13.3. The minimum Gasteiger partial charge on any atom is -0.433 e. The van der Waals surface area contributed by atoms with Gasteiger partial charge in [0, 0.05) is 15.6 Å². The Hall–Kier alpha value is -2.92. The van der Waals surface area contributed by atoms with Crippen LogP contribution in [0.25, 0.3) is 0 Å². The zero-order valence-corrected chi connectivity index (χ0v) is 15.2. The van der Waals surface area contributed by atoms with Crippen LogP contribution in [-0.2, 0) is 4.74 Å². The highest BCUT2D eigenvalue weighted by Gasteiger charge is 2.37. The molecular weight excluding hydrogens is 394 g/mol. The number of carbonyl (C=O) groups is 2. The van der Waals surface area contributed by atoms with E-state index in [1.165, 1.54) is 4.90 Å². The maximum absolute atomic E-state index is 13.3. The van der Waals surface area contributed by atoms with E-state index >= 15 is 0 Å². The third kappa shape index (κ3) is 2.91. The van der Waals surface area contributed by atoms with E-state index in [2.05, 4.69) is 15.9 Å². The number of hydrogen-bond donors (Lipinski definition) is 0. The molecule has 0 bridgehead atoms. The SMILES string of the molecule is O=C1O[C@@H](c2ccccc2)N(C(=O)c2cccc(Br)c2)c2ccccc21. The highest BCUT2D eigenvalue weighted by molar-refractivity contribution is 9.10. The average Bonchev–Trinajstić information content (AvgIpc) is 2.68. The van der Waals surface area contributed by atoms with Crippen LogP contribution in [0.4, 0.5) is 5.69 Å². The van der Waals surface area contributed by atoms with Gasteiger partial charge in [-0.15, -0.1) is 0 Å². The minimum atomic E-state index is -0.815. The summed E-state index contributed by atoms with van der Waals surface area (Å²) in [6.45, 7) is 0. The van der Waals surface area contributed by atoms with Crippen LogP contribution >= 0.6 is 15.9 Å². The lowest BCUT2D eigenvalue weighted by molar-refractivity contribution is 0.0249. The maximum Gasteiger partial charge on any atom is 0.342 e. The summed E-state index contributed by atoms with van der Waals surface area (Å²) >= 11 is 3.40. The molecule has 3 aromatic carbocycles. The Morgan fingerprint density at radius 3 is 2.42 bits per heavy atom. The van der Waals surface area contributed by atoms with Crippen molar-refractivity contribution in [2.45, 2.75) is 6.23 Å². The van der Waals surface area contributed by atoms with E-state index in [0.717, 1.165) is 10.0 Å². The molecule has 3 aromatic rings. The van der Waals surface area contributed by atoms with Crippen molar-refractivity contribution in [2.24, 2.45) is 0 Å². The Morgan fingerprint density at radius 2 is 1.65 bits per heavy atom. The lowest BCUT2D eigenvalue weighted by Crippen LogP contribution is -2.41. The predicted octanol–water partition coefficient (Wildman–Crippen LogP) is 4.97. The molecule has 0 spiro atoms. The molecule has 1 aliphatic rings. The second kappa shape index (κ2) is 6.77. The fourth-order valence-electron chi connectivity index (χ4n) is 3.01. The molecular formula is C21H14BrNO3. The van der Waals surface area contributed by atoms with Crippen molar-refractivity contribution in [3.8, 4) is 0 Å². The number of esters is 1. The van der Waals surface area contributed by atoms with Crippen LogP contribution in [0.15, 0.2) is 83.3 Å². The summed E-state index contributed by atoms with van der Waals surface area (Å²) in [6.07, 6.45) is -0.815. The molecule has 0 N–H and O–H groups in total. The molecule has 1 amide bonds. The highest BCUT2D eigenvalue weighted by Crippen LogP contribution is 2.37. The van der Waals surface area contributed by atoms with Gasteiger partial charge < -0.3 is 4.74 Å². The van der Waals surface area contributed by atoms with E-state index in [4.69, 9.17) is 4.74 Å². The lowest BCUT2D eigenvalue weighted by Gasteiger charge is -2.36. The number of hydrogen-bond acceptors (Lipinski definition) is 3. The molecule has 1 atom stereocenters. The van der Waals surface area contributed by atoms with Crippen molar-refractivity contribution >= 4 is 33.5 Å². The number of carbonyl (C=O) groups excluding carboxylic acids is 2. The number of nitrogens with zero attached hydrogens (tertiary/aromatic N) is 1. The van der Waals surface area contributed by atoms with Crippen LogP contribution < -0.4 is 4.90 Å². The van der Waals surface area contributed by atoms with Gasteiger partial charge >= 0.3 is 5.97 Å². The third-order valence-corrected chi connectivity index (χ3v) is 4.71. The number of cyclic esters (lactones) is 1. The first kappa shape index (κ1) is 16.5. The Balaban J connectivity index is 1.87. The van der Waals surface area contributed by atoms with Gasteiger partial charge in [0.05, 0.1) is 11.3 Å². The van der Waals surface area contributed by atoms with Crippen LogP contribution in [0.2, 0.25) is 0 Å². The molecule has 0 saturated carbocycles. The summed E-state index contributed by atoms with van der Waals surface area (Å²) in [5.41, 5.74) is 2.16. The quantitative estimate of drug-likeness (QED) is 0.563. The van der Waals surface area contributed by atoms with E-state index in [-0.39, 0.29) is 5.91 Å². The molecule has 0 fully saturated rings. The van der Waals surface area contributed by atoms with E-state index in [9.17, 15) is 9.59 Å². The smallest absolute Gasteiger partial charge is 0.342 e. The van der Waals surface area contributed by atoms with Gasteiger partial charge in [-0.25, -0.2) is 4.79 Å². The summed E-state index contributed by atoms with van der Waals surface area (Å²) in [7, 11) is 0. The van der Waals surface area contributed by atoms with E-state index in [0.29, 0.717) is 16.8 Å². The van der Waals surface area contributed by atoms with Gasteiger partial charge in [0.15, 0.2) is 0 Å². The standard InChI is InChI=1S/C21H14BrNO3/c22-16-10-6-9-15(13-16)19(24)23-18-12-5-4-11-17(18)21(25)26-20(23)14-7-2-1-3-8-14/h1-13,20H/t20-/m0/s1. The largest absolute Gasteiger partial charge is 0.433 e. The number of rotatable bonds is 2. The molecule has 0 radical (unpaired) electrons. The number of ether oxygens (including phenoxy) is 1. The molecule has 0 aromatic heterocycles. The topological polar surface area (TPSA) is 46.6 Å². The van der Waals surface area contributed by atoms with Gasteiger partial charge in [-0.1, -0.05) is 64.5 Å². The van der Waals surface area contributed by atoms with Crippen LogP contribution in [0, 0.1) is 0 Å². The van der Waals surface area contributed by atoms with Crippen molar-refractivity contribution in [3.63, 3.8) is 0 Å². The van der Waals surface area contributed by atoms with Crippen LogP contribution in [0.5, 0.6) is 0 Å². The molecule has 4 rings (SSSR count). The summed E-state index contributed by atoms with van der Waals surface area (Å²) in [6, 6.07) is 23.4. The second-order valence-corrected chi connectivity index (χ2v) is 6.79. The second-order valence-electron chi connectivity index (χ2n) is 5.87. The van der Waals surface area contributed by atoms with Gasteiger partial charge in [-0.3, -0.25) is 9.69 Å². The zero-order chi connectivity index (χ0) is 18.1. The molecule has 0 saturated heterocycles. The molecule has 1 aliphatic heterocycles. The molecule has 5 heteroatoms. The number of benzene rings is 3. The zero-order valence-electron chi connectivity index (χ0n) is 13.6.